The Hall–Kier alpha value is -3.11. The third kappa shape index (κ3) is 6.73. The Morgan fingerprint density at radius 2 is 1.77 bits per heavy atom. The van der Waals surface area contributed by atoms with Gasteiger partial charge in [-0.3, -0.25) is 4.79 Å². The molecule has 2 aromatic rings. The molecule has 190 valence electrons. The normalized spacial score (nSPS) is 17.7. The molecule has 0 aromatic heterocycles. The second-order valence-corrected chi connectivity index (χ2v) is 8.63. The minimum absolute atomic E-state index is 0.182. The molecular weight excluding hydrogens is 467 g/mol. The molecule has 0 aliphatic carbocycles. The standard InChI is InChI=1S/C23H27NO4.C2HF3O2/c1-27-20-7-4-5-17(14-20)13-19(22(25)26)15-24-11-9-23(10-12-24)21-8-3-2-6-18(21)16-28-23;3-2(4,5)1(6)7/h2-8,14,19H,9-13,15-16H2,1H3,(H,25,26);(H,6,7). The lowest BCUT2D eigenvalue weighted by Crippen LogP contribution is -2.45. The first kappa shape index (κ1) is 26.5. The van der Waals surface area contributed by atoms with Crippen LogP contribution in [-0.4, -0.2) is 60.0 Å². The van der Waals surface area contributed by atoms with Gasteiger partial charge in [-0.15, -0.1) is 0 Å². The first-order valence-electron chi connectivity index (χ1n) is 11.1. The highest BCUT2D eigenvalue weighted by atomic mass is 19.4. The van der Waals surface area contributed by atoms with Gasteiger partial charge < -0.3 is 24.6 Å². The number of hydrogen-bond acceptors (Lipinski definition) is 5. The second kappa shape index (κ2) is 11.1. The predicted octanol–water partition coefficient (Wildman–Crippen LogP) is 4.09. The van der Waals surface area contributed by atoms with Gasteiger partial charge >= 0.3 is 18.1 Å². The third-order valence-corrected chi connectivity index (χ3v) is 6.36. The summed E-state index contributed by atoms with van der Waals surface area (Å²) in [5.41, 5.74) is 3.42. The molecule has 2 heterocycles. The van der Waals surface area contributed by atoms with E-state index in [1.165, 1.54) is 11.1 Å². The Balaban J connectivity index is 0.000000429. The van der Waals surface area contributed by atoms with E-state index in [2.05, 4.69) is 29.2 Å². The number of benzene rings is 2. The van der Waals surface area contributed by atoms with Crippen LogP contribution in [-0.2, 0) is 33.0 Å². The van der Waals surface area contributed by atoms with Crippen LogP contribution in [0.2, 0.25) is 0 Å². The van der Waals surface area contributed by atoms with E-state index in [0.29, 0.717) is 19.6 Å². The van der Waals surface area contributed by atoms with E-state index >= 15 is 0 Å². The SMILES string of the molecule is COc1cccc(CC(CN2CCC3(CC2)OCc2ccccc23)C(=O)O)c1.O=C(O)C(F)(F)F. The molecule has 2 aliphatic heterocycles. The monoisotopic (exact) mass is 495 g/mol. The molecule has 0 radical (unpaired) electrons. The summed E-state index contributed by atoms with van der Waals surface area (Å²) in [6, 6.07) is 16.1. The highest BCUT2D eigenvalue weighted by molar-refractivity contribution is 5.73. The summed E-state index contributed by atoms with van der Waals surface area (Å²) in [7, 11) is 1.63. The molecule has 4 rings (SSSR count). The van der Waals surface area contributed by atoms with Crippen molar-refractivity contribution in [3.8, 4) is 5.75 Å². The van der Waals surface area contributed by atoms with E-state index < -0.39 is 24.0 Å². The number of halogens is 3. The van der Waals surface area contributed by atoms with Gasteiger partial charge in [0.1, 0.15) is 5.75 Å². The summed E-state index contributed by atoms with van der Waals surface area (Å²) in [6.07, 6.45) is -2.75. The molecule has 7 nitrogen and oxygen atoms in total. The molecule has 0 amide bonds. The van der Waals surface area contributed by atoms with Crippen LogP contribution >= 0.6 is 0 Å². The third-order valence-electron chi connectivity index (χ3n) is 6.36. The highest BCUT2D eigenvalue weighted by Crippen LogP contribution is 2.44. The molecule has 1 spiro atoms. The summed E-state index contributed by atoms with van der Waals surface area (Å²) in [4.78, 5) is 23.0. The second-order valence-electron chi connectivity index (χ2n) is 8.63. The van der Waals surface area contributed by atoms with E-state index in [4.69, 9.17) is 19.4 Å². The van der Waals surface area contributed by atoms with Crippen molar-refractivity contribution in [2.45, 2.75) is 37.6 Å². The van der Waals surface area contributed by atoms with Crippen LogP contribution in [0, 0.1) is 5.92 Å². The lowest BCUT2D eigenvalue weighted by atomic mass is 9.83. The molecular formula is C25H28F3NO6. The molecule has 1 fully saturated rings. The Morgan fingerprint density at radius 1 is 1.11 bits per heavy atom. The number of alkyl halides is 3. The van der Waals surface area contributed by atoms with Crippen molar-refractivity contribution >= 4 is 11.9 Å². The van der Waals surface area contributed by atoms with Gasteiger partial charge in [0.2, 0.25) is 0 Å². The van der Waals surface area contributed by atoms with Gasteiger partial charge in [0.05, 0.1) is 25.2 Å². The van der Waals surface area contributed by atoms with E-state index in [0.717, 1.165) is 37.2 Å². The fourth-order valence-corrected chi connectivity index (χ4v) is 4.52. The smallest absolute Gasteiger partial charge is 0.490 e. The molecule has 1 unspecified atom stereocenters. The number of aliphatic carboxylic acids is 2. The van der Waals surface area contributed by atoms with Crippen LogP contribution < -0.4 is 4.74 Å². The zero-order chi connectivity index (χ0) is 25.6. The molecule has 1 saturated heterocycles. The number of piperidine rings is 1. The van der Waals surface area contributed by atoms with Crippen molar-refractivity contribution < 1.29 is 42.4 Å². The van der Waals surface area contributed by atoms with Gasteiger partial charge in [-0.1, -0.05) is 36.4 Å². The molecule has 2 aromatic carbocycles. The number of fused-ring (bicyclic) bond motifs is 2. The minimum atomic E-state index is -5.08. The Kier molecular flexibility index (Phi) is 8.39. The number of carboxylic acid groups (broad SMARTS) is 2. The van der Waals surface area contributed by atoms with Gasteiger partial charge in [-0.2, -0.15) is 13.2 Å². The number of hydrogen-bond donors (Lipinski definition) is 2. The molecule has 0 bridgehead atoms. The number of likely N-dealkylation sites (tertiary alicyclic amines) is 1. The van der Waals surface area contributed by atoms with E-state index in [9.17, 15) is 23.1 Å². The van der Waals surface area contributed by atoms with Crippen molar-refractivity contribution in [3.63, 3.8) is 0 Å². The van der Waals surface area contributed by atoms with Crippen molar-refractivity contribution in [2.24, 2.45) is 5.92 Å². The average Bonchev–Trinajstić information content (AvgIpc) is 3.18. The maximum Gasteiger partial charge on any atom is 0.490 e. The van der Waals surface area contributed by atoms with E-state index in [1.54, 1.807) is 7.11 Å². The summed E-state index contributed by atoms with van der Waals surface area (Å²) < 4.78 is 43.2. The fourth-order valence-electron chi connectivity index (χ4n) is 4.52. The number of methoxy groups -OCH3 is 1. The lowest BCUT2D eigenvalue weighted by molar-refractivity contribution is -0.192. The molecule has 35 heavy (non-hydrogen) atoms. The van der Waals surface area contributed by atoms with Crippen molar-refractivity contribution in [3.05, 3.63) is 65.2 Å². The number of rotatable bonds is 6. The summed E-state index contributed by atoms with van der Waals surface area (Å²) in [5, 5.41) is 16.9. The maximum atomic E-state index is 11.9. The lowest BCUT2D eigenvalue weighted by Gasteiger charge is -2.40. The quantitative estimate of drug-likeness (QED) is 0.623. The topological polar surface area (TPSA) is 96.3 Å². The van der Waals surface area contributed by atoms with Crippen LogP contribution in [0.4, 0.5) is 13.2 Å². The van der Waals surface area contributed by atoms with Gasteiger partial charge in [-0.05, 0) is 48.1 Å². The zero-order valence-corrected chi connectivity index (χ0v) is 19.3. The van der Waals surface area contributed by atoms with Gasteiger partial charge in [0.15, 0.2) is 0 Å². The first-order valence-corrected chi connectivity index (χ1v) is 11.1. The Bertz CT molecular complexity index is 1030. The first-order chi connectivity index (χ1) is 16.5. The van der Waals surface area contributed by atoms with E-state index in [1.807, 2.05) is 24.3 Å². The van der Waals surface area contributed by atoms with Gasteiger partial charge in [-0.25, -0.2) is 4.79 Å². The summed E-state index contributed by atoms with van der Waals surface area (Å²) in [6.45, 7) is 2.96. The molecule has 1 atom stereocenters. The van der Waals surface area contributed by atoms with Crippen LogP contribution in [0.1, 0.15) is 29.5 Å². The van der Waals surface area contributed by atoms with Gasteiger partial charge in [0, 0.05) is 19.6 Å². The Morgan fingerprint density at radius 3 is 2.37 bits per heavy atom. The molecule has 2 N–H and O–H groups in total. The zero-order valence-electron chi connectivity index (χ0n) is 19.3. The van der Waals surface area contributed by atoms with Crippen LogP contribution in [0.3, 0.4) is 0 Å². The maximum absolute atomic E-state index is 11.9. The number of carbonyl (C=O) groups is 2. The number of nitrogens with zero attached hydrogens (tertiary/aromatic N) is 1. The molecule has 2 aliphatic rings. The number of carboxylic acids is 2. The van der Waals surface area contributed by atoms with Crippen molar-refractivity contribution in [1.82, 2.24) is 4.90 Å². The van der Waals surface area contributed by atoms with Crippen LogP contribution in [0.15, 0.2) is 48.5 Å². The predicted molar refractivity (Wildman–Crippen MR) is 120 cm³/mol. The largest absolute Gasteiger partial charge is 0.497 e. The number of ether oxygens (including phenoxy) is 2. The Labute approximate surface area is 201 Å². The van der Waals surface area contributed by atoms with E-state index in [-0.39, 0.29) is 5.60 Å². The molecule has 0 saturated carbocycles. The summed E-state index contributed by atoms with van der Waals surface area (Å²) in [5.74, 6) is -3.17. The van der Waals surface area contributed by atoms with Crippen LogP contribution in [0.5, 0.6) is 5.75 Å². The highest BCUT2D eigenvalue weighted by Gasteiger charge is 2.42. The van der Waals surface area contributed by atoms with Crippen LogP contribution in [0.25, 0.3) is 0 Å². The van der Waals surface area contributed by atoms with Crippen molar-refractivity contribution in [2.75, 3.05) is 26.7 Å². The minimum Gasteiger partial charge on any atom is -0.497 e. The van der Waals surface area contributed by atoms with Crippen molar-refractivity contribution in [1.29, 1.82) is 0 Å². The summed E-state index contributed by atoms with van der Waals surface area (Å²) >= 11 is 0. The average molecular weight is 495 g/mol. The molecule has 10 heteroatoms. The fraction of sp³-hybridized carbons (Fsp3) is 0.440. The van der Waals surface area contributed by atoms with Gasteiger partial charge in [0.25, 0.3) is 0 Å².